The van der Waals surface area contributed by atoms with Crippen molar-refractivity contribution in [2.45, 2.75) is 30.9 Å². The zero-order chi connectivity index (χ0) is 19.9. The van der Waals surface area contributed by atoms with E-state index in [2.05, 4.69) is 15.2 Å². The second-order valence-corrected chi connectivity index (χ2v) is 9.98. The zero-order valence-electron chi connectivity index (χ0n) is 16.8. The highest BCUT2D eigenvalue weighted by Crippen LogP contribution is 2.25. The number of guanidine groups is 1. The predicted molar refractivity (Wildman–Crippen MR) is 111 cm³/mol. The molecule has 7 nitrogen and oxygen atoms in total. The van der Waals surface area contributed by atoms with Gasteiger partial charge in [-0.1, -0.05) is 13.8 Å². The second kappa shape index (κ2) is 10.4. The lowest BCUT2D eigenvalue weighted by atomic mass is 10.1. The molecule has 2 heterocycles. The molecule has 0 bridgehead atoms. The summed E-state index contributed by atoms with van der Waals surface area (Å²) >= 11 is 1.35. The van der Waals surface area contributed by atoms with E-state index < -0.39 is 10.0 Å². The average Bonchev–Trinajstić information content (AvgIpc) is 3.31. The molecule has 0 spiro atoms. The first-order chi connectivity index (χ1) is 12.9. The van der Waals surface area contributed by atoms with E-state index in [0.717, 1.165) is 43.4 Å². The Morgan fingerprint density at radius 1 is 1.37 bits per heavy atom. The van der Waals surface area contributed by atoms with E-state index >= 15 is 0 Å². The quantitative estimate of drug-likeness (QED) is 0.491. The van der Waals surface area contributed by atoms with Crippen LogP contribution in [0.3, 0.4) is 0 Å². The summed E-state index contributed by atoms with van der Waals surface area (Å²) in [6, 6.07) is 3.62. The molecule has 1 aromatic heterocycles. The van der Waals surface area contributed by atoms with Gasteiger partial charge in [-0.25, -0.2) is 8.42 Å². The van der Waals surface area contributed by atoms with E-state index in [4.69, 9.17) is 4.74 Å². The number of ether oxygens (including phenoxy) is 1. The summed E-state index contributed by atoms with van der Waals surface area (Å²) in [7, 11) is 0.451. The Hall–Kier alpha value is -1.16. The van der Waals surface area contributed by atoms with Gasteiger partial charge in [0.25, 0.3) is 10.0 Å². The fraction of sp³-hybridized carbons (Fsp3) is 0.722. The number of sulfonamides is 1. The van der Waals surface area contributed by atoms with Crippen molar-refractivity contribution in [3.05, 3.63) is 17.0 Å². The fourth-order valence-electron chi connectivity index (χ4n) is 3.21. The minimum absolute atomic E-state index is 0.420. The van der Waals surface area contributed by atoms with Gasteiger partial charge in [0.1, 0.15) is 4.21 Å². The maximum Gasteiger partial charge on any atom is 0.252 e. The van der Waals surface area contributed by atoms with Crippen LogP contribution < -0.4 is 5.32 Å². The van der Waals surface area contributed by atoms with Crippen molar-refractivity contribution in [3.8, 4) is 0 Å². The number of thiophene rings is 1. The number of aliphatic imine (C=N–C) groups is 1. The van der Waals surface area contributed by atoms with Gasteiger partial charge >= 0.3 is 0 Å². The van der Waals surface area contributed by atoms with E-state index in [9.17, 15) is 8.42 Å². The molecule has 27 heavy (non-hydrogen) atoms. The van der Waals surface area contributed by atoms with E-state index in [0.29, 0.717) is 29.8 Å². The van der Waals surface area contributed by atoms with Gasteiger partial charge in [0.05, 0.1) is 6.61 Å². The maximum atomic E-state index is 12.6. The van der Waals surface area contributed by atoms with Crippen LogP contribution >= 0.6 is 11.3 Å². The fourth-order valence-corrected chi connectivity index (χ4v) is 6.17. The van der Waals surface area contributed by atoms with Crippen LogP contribution in [0, 0.1) is 5.92 Å². The molecule has 1 N–H and O–H groups in total. The summed E-state index contributed by atoms with van der Waals surface area (Å²) in [5, 5.41) is 3.37. The molecule has 154 valence electrons. The summed E-state index contributed by atoms with van der Waals surface area (Å²) < 4.78 is 32.5. The molecular formula is C18H32N4O3S2. The number of hydrogen-bond donors (Lipinski definition) is 1. The zero-order valence-corrected chi connectivity index (χ0v) is 18.4. The molecule has 1 aliphatic heterocycles. The number of hydrogen-bond acceptors (Lipinski definition) is 5. The summed E-state index contributed by atoms with van der Waals surface area (Å²) in [4.78, 5) is 7.52. The Balaban J connectivity index is 1.86. The highest BCUT2D eigenvalue weighted by atomic mass is 32.2. The van der Waals surface area contributed by atoms with Crippen molar-refractivity contribution in [1.82, 2.24) is 14.5 Å². The standard InChI is InChI=1S/C18H32N4O3S2/c1-5-22(6-2)27(23,24)17-8-7-16(26-17)9-11-20-18(19-3)21(4)13-15-10-12-25-14-15/h7-8,15H,5-6,9-14H2,1-4H3,(H,19,20). The van der Waals surface area contributed by atoms with Crippen molar-refractivity contribution in [1.29, 1.82) is 0 Å². The smallest absolute Gasteiger partial charge is 0.252 e. The molecule has 0 amide bonds. The van der Waals surface area contributed by atoms with E-state index in [1.54, 1.807) is 13.1 Å². The third-order valence-electron chi connectivity index (χ3n) is 4.72. The molecule has 9 heteroatoms. The average molecular weight is 417 g/mol. The van der Waals surface area contributed by atoms with Crippen LogP contribution in [0.15, 0.2) is 21.3 Å². The lowest BCUT2D eigenvalue weighted by Crippen LogP contribution is -2.42. The lowest BCUT2D eigenvalue weighted by molar-refractivity contribution is 0.181. The lowest BCUT2D eigenvalue weighted by Gasteiger charge is -2.24. The third kappa shape index (κ3) is 5.91. The van der Waals surface area contributed by atoms with Gasteiger partial charge in [-0.3, -0.25) is 4.99 Å². The predicted octanol–water partition coefficient (Wildman–Crippen LogP) is 1.86. The SMILES string of the molecule is CCN(CC)S(=O)(=O)c1ccc(CCNC(=NC)N(C)CC2CCOC2)s1. The van der Waals surface area contributed by atoms with Crippen molar-refractivity contribution in [2.24, 2.45) is 10.9 Å². The molecule has 0 aliphatic carbocycles. The highest BCUT2D eigenvalue weighted by Gasteiger charge is 2.23. The summed E-state index contributed by atoms with van der Waals surface area (Å²) in [6.45, 7) is 8.00. The largest absolute Gasteiger partial charge is 0.381 e. The van der Waals surface area contributed by atoms with E-state index in [1.807, 2.05) is 27.0 Å². The van der Waals surface area contributed by atoms with Crippen LogP contribution in [-0.2, 0) is 21.2 Å². The Morgan fingerprint density at radius 3 is 2.70 bits per heavy atom. The molecule has 1 atom stereocenters. The van der Waals surface area contributed by atoms with Crippen molar-refractivity contribution >= 4 is 27.3 Å². The first-order valence-electron chi connectivity index (χ1n) is 9.50. The Kier molecular flexibility index (Phi) is 8.53. The van der Waals surface area contributed by atoms with Crippen LogP contribution in [0.5, 0.6) is 0 Å². The molecule has 0 aromatic carbocycles. The van der Waals surface area contributed by atoms with Crippen molar-refractivity contribution in [3.63, 3.8) is 0 Å². The Morgan fingerprint density at radius 2 is 2.11 bits per heavy atom. The summed E-state index contributed by atoms with van der Waals surface area (Å²) in [6.07, 6.45) is 1.86. The van der Waals surface area contributed by atoms with Gasteiger partial charge in [0.2, 0.25) is 0 Å². The van der Waals surface area contributed by atoms with Crippen LogP contribution in [0.25, 0.3) is 0 Å². The van der Waals surface area contributed by atoms with E-state index in [-0.39, 0.29) is 0 Å². The highest BCUT2D eigenvalue weighted by molar-refractivity contribution is 7.91. The molecule has 2 rings (SSSR count). The molecule has 0 radical (unpaired) electrons. The second-order valence-electron chi connectivity index (χ2n) is 6.64. The number of nitrogens with zero attached hydrogens (tertiary/aromatic N) is 3. The Bertz CT molecular complexity index is 708. The molecule has 1 fully saturated rings. The van der Waals surface area contributed by atoms with Crippen LogP contribution in [0.4, 0.5) is 0 Å². The van der Waals surface area contributed by atoms with E-state index in [1.165, 1.54) is 15.6 Å². The van der Waals surface area contributed by atoms with Gasteiger partial charge < -0.3 is 15.0 Å². The molecular weight excluding hydrogens is 384 g/mol. The van der Waals surface area contributed by atoms with Gasteiger partial charge in [-0.05, 0) is 25.0 Å². The molecule has 0 saturated carbocycles. The van der Waals surface area contributed by atoms with Gasteiger partial charge in [-0.15, -0.1) is 11.3 Å². The first-order valence-corrected chi connectivity index (χ1v) is 11.8. The van der Waals surface area contributed by atoms with Gasteiger partial charge in [-0.2, -0.15) is 4.31 Å². The van der Waals surface area contributed by atoms with Crippen molar-refractivity contribution in [2.75, 3.05) is 53.5 Å². The molecule has 1 saturated heterocycles. The normalized spacial score (nSPS) is 18.3. The molecule has 1 unspecified atom stereocenters. The van der Waals surface area contributed by atoms with Gasteiger partial charge in [0, 0.05) is 57.7 Å². The summed E-state index contributed by atoms with van der Waals surface area (Å²) in [5.74, 6) is 1.41. The minimum atomic E-state index is -3.37. The molecule has 1 aliphatic rings. The minimum Gasteiger partial charge on any atom is -0.381 e. The van der Waals surface area contributed by atoms with Crippen molar-refractivity contribution < 1.29 is 13.2 Å². The van der Waals surface area contributed by atoms with Crippen LogP contribution in [0.2, 0.25) is 0 Å². The number of nitrogens with one attached hydrogen (secondary N) is 1. The topological polar surface area (TPSA) is 74.2 Å². The van der Waals surface area contributed by atoms with Crippen LogP contribution in [-0.4, -0.2) is 77.1 Å². The number of rotatable bonds is 9. The first kappa shape index (κ1) is 22.1. The Labute approximate surface area is 167 Å². The van der Waals surface area contributed by atoms with Crippen LogP contribution in [0.1, 0.15) is 25.1 Å². The maximum absolute atomic E-state index is 12.6. The molecule has 1 aromatic rings. The summed E-state index contributed by atoms with van der Waals surface area (Å²) in [5.41, 5.74) is 0. The monoisotopic (exact) mass is 416 g/mol. The van der Waals surface area contributed by atoms with Gasteiger partial charge in [0.15, 0.2) is 5.96 Å². The third-order valence-corrected chi connectivity index (χ3v) is 8.38.